The number of aryl methyl sites for hydroxylation is 1. The van der Waals surface area contributed by atoms with Gasteiger partial charge in [-0.05, 0) is 36.6 Å². The zero-order valence-electron chi connectivity index (χ0n) is 10.2. The molecule has 0 amide bonds. The van der Waals surface area contributed by atoms with Gasteiger partial charge in [-0.2, -0.15) is 0 Å². The minimum Gasteiger partial charge on any atom is -0.384 e. The van der Waals surface area contributed by atoms with Gasteiger partial charge in [-0.3, -0.25) is 9.78 Å². The third-order valence-corrected chi connectivity index (χ3v) is 3.37. The molecule has 1 aromatic heterocycles. The van der Waals surface area contributed by atoms with E-state index in [1.165, 1.54) is 5.56 Å². The lowest BCUT2D eigenvalue weighted by Crippen LogP contribution is -2.04. The van der Waals surface area contributed by atoms with Crippen LogP contribution in [0.1, 0.15) is 27.0 Å². The summed E-state index contributed by atoms with van der Waals surface area (Å²) in [6.45, 7) is 2.89. The molecule has 0 spiro atoms. The third-order valence-electron chi connectivity index (χ3n) is 3.37. The number of hydrogen-bond donors (Lipinski definition) is 1. The van der Waals surface area contributed by atoms with Crippen molar-refractivity contribution in [3.8, 4) is 0 Å². The first kappa shape index (κ1) is 11.0. The quantitative estimate of drug-likeness (QED) is 0.818. The second-order valence-electron chi connectivity index (χ2n) is 4.57. The molecule has 1 aliphatic rings. The Morgan fingerprint density at radius 3 is 3.06 bits per heavy atom. The molecule has 0 bridgehead atoms. The van der Waals surface area contributed by atoms with Crippen molar-refractivity contribution < 1.29 is 4.79 Å². The highest BCUT2D eigenvalue weighted by atomic mass is 16.1. The summed E-state index contributed by atoms with van der Waals surface area (Å²) in [6.07, 6.45) is 4.38. The third kappa shape index (κ3) is 1.78. The van der Waals surface area contributed by atoms with Crippen LogP contribution in [0, 0.1) is 6.92 Å². The first-order chi connectivity index (χ1) is 8.75. The van der Waals surface area contributed by atoms with E-state index in [0.29, 0.717) is 5.56 Å². The Morgan fingerprint density at radius 1 is 1.33 bits per heavy atom. The van der Waals surface area contributed by atoms with Gasteiger partial charge in [-0.25, -0.2) is 0 Å². The van der Waals surface area contributed by atoms with Gasteiger partial charge >= 0.3 is 0 Å². The lowest BCUT2D eigenvalue weighted by atomic mass is 9.99. The molecule has 0 saturated heterocycles. The minimum atomic E-state index is 0.0390. The van der Waals surface area contributed by atoms with Crippen LogP contribution in [0.2, 0.25) is 0 Å². The molecule has 0 atom stereocenters. The molecule has 2 aromatic rings. The zero-order chi connectivity index (χ0) is 12.5. The van der Waals surface area contributed by atoms with Gasteiger partial charge in [0.2, 0.25) is 0 Å². The lowest BCUT2D eigenvalue weighted by Gasteiger charge is -2.06. The van der Waals surface area contributed by atoms with Gasteiger partial charge in [0.25, 0.3) is 0 Å². The maximum atomic E-state index is 12.4. The van der Waals surface area contributed by atoms with Crippen molar-refractivity contribution in [2.24, 2.45) is 0 Å². The molecule has 2 heterocycles. The highest BCUT2D eigenvalue weighted by molar-refractivity contribution is 6.10. The highest BCUT2D eigenvalue weighted by Crippen LogP contribution is 2.24. The van der Waals surface area contributed by atoms with Gasteiger partial charge in [0.1, 0.15) is 0 Å². The topological polar surface area (TPSA) is 42.0 Å². The molecule has 1 aromatic carbocycles. The van der Waals surface area contributed by atoms with Crippen LogP contribution in [0.15, 0.2) is 36.7 Å². The van der Waals surface area contributed by atoms with Crippen molar-refractivity contribution >= 4 is 11.5 Å². The van der Waals surface area contributed by atoms with Gasteiger partial charge in [0.05, 0.1) is 0 Å². The van der Waals surface area contributed by atoms with E-state index in [2.05, 4.69) is 10.3 Å². The summed E-state index contributed by atoms with van der Waals surface area (Å²) in [7, 11) is 0. The van der Waals surface area contributed by atoms with E-state index in [0.717, 1.165) is 29.8 Å². The number of rotatable bonds is 2. The number of fused-ring (bicyclic) bond motifs is 1. The Morgan fingerprint density at radius 2 is 2.22 bits per heavy atom. The van der Waals surface area contributed by atoms with E-state index < -0.39 is 0 Å². The molecule has 1 aliphatic heterocycles. The molecule has 3 rings (SSSR count). The van der Waals surface area contributed by atoms with Crippen molar-refractivity contribution in [3.05, 3.63) is 58.9 Å². The van der Waals surface area contributed by atoms with Crippen LogP contribution in [0.4, 0.5) is 5.69 Å². The molecule has 3 nitrogen and oxygen atoms in total. The van der Waals surface area contributed by atoms with Gasteiger partial charge in [0.15, 0.2) is 5.78 Å². The van der Waals surface area contributed by atoms with Gasteiger partial charge in [-0.15, -0.1) is 0 Å². The van der Waals surface area contributed by atoms with Crippen LogP contribution in [-0.4, -0.2) is 17.3 Å². The highest BCUT2D eigenvalue weighted by Gasteiger charge is 2.15. The first-order valence-electron chi connectivity index (χ1n) is 6.08. The number of anilines is 1. The molecule has 0 fully saturated rings. The molecule has 1 N–H and O–H groups in total. The maximum absolute atomic E-state index is 12.4. The fourth-order valence-corrected chi connectivity index (χ4v) is 2.29. The molecule has 90 valence electrons. The molecule has 0 radical (unpaired) electrons. The summed E-state index contributed by atoms with van der Waals surface area (Å²) in [5.74, 6) is 0.0390. The molecular weight excluding hydrogens is 224 g/mol. The molecule has 3 heteroatoms. The normalized spacial score (nSPS) is 12.9. The fraction of sp³-hybridized carbons (Fsp3) is 0.200. The van der Waals surface area contributed by atoms with Crippen molar-refractivity contribution in [3.63, 3.8) is 0 Å². The number of nitrogens with zero attached hydrogens (tertiary/aromatic N) is 1. The number of nitrogens with one attached hydrogen (secondary N) is 1. The number of benzene rings is 1. The Kier molecular flexibility index (Phi) is 2.59. The van der Waals surface area contributed by atoms with E-state index in [1.807, 2.05) is 31.2 Å². The van der Waals surface area contributed by atoms with E-state index in [-0.39, 0.29) is 5.78 Å². The number of ketones is 1. The average molecular weight is 238 g/mol. The summed E-state index contributed by atoms with van der Waals surface area (Å²) in [6, 6.07) is 7.74. The van der Waals surface area contributed by atoms with Crippen LogP contribution >= 0.6 is 0 Å². The fourth-order valence-electron chi connectivity index (χ4n) is 2.29. The molecule has 0 aliphatic carbocycles. The van der Waals surface area contributed by atoms with Crippen molar-refractivity contribution in [2.45, 2.75) is 13.3 Å². The Balaban J connectivity index is 2.01. The van der Waals surface area contributed by atoms with Crippen molar-refractivity contribution in [1.82, 2.24) is 4.98 Å². The summed E-state index contributed by atoms with van der Waals surface area (Å²) >= 11 is 0. The smallest absolute Gasteiger partial charge is 0.194 e. The lowest BCUT2D eigenvalue weighted by molar-refractivity contribution is 0.103. The second-order valence-corrected chi connectivity index (χ2v) is 4.57. The number of pyridine rings is 1. The Labute approximate surface area is 106 Å². The number of aromatic nitrogens is 1. The van der Waals surface area contributed by atoms with E-state index in [4.69, 9.17) is 0 Å². The largest absolute Gasteiger partial charge is 0.384 e. The number of carbonyl (C=O) groups excluding carboxylic acids is 1. The van der Waals surface area contributed by atoms with Gasteiger partial charge in [-0.1, -0.05) is 12.1 Å². The van der Waals surface area contributed by atoms with Crippen LogP contribution < -0.4 is 5.32 Å². The summed E-state index contributed by atoms with van der Waals surface area (Å²) < 4.78 is 0. The van der Waals surface area contributed by atoms with Crippen molar-refractivity contribution in [1.29, 1.82) is 0 Å². The Hall–Kier alpha value is -2.16. The van der Waals surface area contributed by atoms with Crippen LogP contribution in [-0.2, 0) is 6.42 Å². The number of carbonyl (C=O) groups is 1. The average Bonchev–Trinajstić information content (AvgIpc) is 2.85. The predicted octanol–water partition coefficient (Wildman–Crippen LogP) is 2.59. The van der Waals surface area contributed by atoms with Gasteiger partial charge in [0, 0.05) is 35.8 Å². The van der Waals surface area contributed by atoms with Gasteiger partial charge < -0.3 is 5.32 Å². The second kappa shape index (κ2) is 4.26. The van der Waals surface area contributed by atoms with E-state index in [1.54, 1.807) is 12.4 Å². The molecule has 0 saturated carbocycles. The minimum absolute atomic E-state index is 0.0390. The predicted molar refractivity (Wildman–Crippen MR) is 71.0 cm³/mol. The molecule has 18 heavy (non-hydrogen) atoms. The summed E-state index contributed by atoms with van der Waals surface area (Å²) in [5, 5.41) is 3.29. The van der Waals surface area contributed by atoms with E-state index >= 15 is 0 Å². The molecular formula is C15H14N2O. The number of hydrogen-bond acceptors (Lipinski definition) is 3. The summed E-state index contributed by atoms with van der Waals surface area (Å²) in [4.78, 5) is 16.4. The summed E-state index contributed by atoms with van der Waals surface area (Å²) in [5.41, 5.74) is 4.73. The van der Waals surface area contributed by atoms with Crippen LogP contribution in [0.25, 0.3) is 0 Å². The SMILES string of the molecule is Cc1ccncc1C(=O)c1ccc2c(c1)NCC2. The first-order valence-corrected chi connectivity index (χ1v) is 6.08. The van der Waals surface area contributed by atoms with Crippen LogP contribution in [0.5, 0.6) is 0 Å². The zero-order valence-corrected chi connectivity index (χ0v) is 10.2. The molecule has 0 unspecified atom stereocenters. The Bertz CT molecular complexity index is 620. The van der Waals surface area contributed by atoms with Crippen LogP contribution in [0.3, 0.4) is 0 Å². The maximum Gasteiger partial charge on any atom is 0.194 e. The van der Waals surface area contributed by atoms with E-state index in [9.17, 15) is 4.79 Å². The van der Waals surface area contributed by atoms with Crippen molar-refractivity contribution in [2.75, 3.05) is 11.9 Å². The monoisotopic (exact) mass is 238 g/mol. The standard InChI is InChI=1S/C15H14N2O/c1-10-4-6-16-9-13(10)15(18)12-3-2-11-5-7-17-14(11)8-12/h2-4,6,8-9,17H,5,7H2,1H3.